The Morgan fingerprint density at radius 1 is 1.21 bits per heavy atom. The molecule has 3 N–H and O–H groups in total. The smallest absolute Gasteiger partial charge is 0.255 e. The van der Waals surface area contributed by atoms with Crippen LogP contribution >= 0.6 is 0 Å². The molecular formula is C20H23F2N3O3. The molecule has 2 aliphatic heterocycles. The van der Waals surface area contributed by atoms with Crippen molar-refractivity contribution in [2.45, 2.75) is 63.1 Å². The van der Waals surface area contributed by atoms with E-state index in [1.807, 2.05) is 6.07 Å². The number of imide groups is 1. The molecule has 2 fully saturated rings. The van der Waals surface area contributed by atoms with Crippen LogP contribution in [-0.2, 0) is 22.6 Å². The lowest BCUT2D eigenvalue weighted by atomic mass is 9.79. The van der Waals surface area contributed by atoms with Gasteiger partial charge >= 0.3 is 0 Å². The van der Waals surface area contributed by atoms with E-state index < -0.39 is 17.9 Å². The third kappa shape index (κ3) is 3.53. The van der Waals surface area contributed by atoms with Crippen molar-refractivity contribution in [3.8, 4) is 0 Å². The van der Waals surface area contributed by atoms with Gasteiger partial charge < -0.3 is 10.6 Å². The Bertz CT molecular complexity index is 842. The van der Waals surface area contributed by atoms with E-state index in [0.29, 0.717) is 24.8 Å². The number of nitrogens with one attached hydrogen (secondary N) is 1. The zero-order valence-electron chi connectivity index (χ0n) is 15.4. The number of fused-ring (bicyclic) bond motifs is 1. The number of carbonyl (C=O) groups is 3. The van der Waals surface area contributed by atoms with Crippen molar-refractivity contribution in [2.75, 3.05) is 0 Å². The van der Waals surface area contributed by atoms with Crippen LogP contribution in [0.4, 0.5) is 8.78 Å². The molecule has 8 heteroatoms. The van der Waals surface area contributed by atoms with Gasteiger partial charge in [-0.25, -0.2) is 8.78 Å². The average molecular weight is 391 g/mol. The molecule has 0 bridgehead atoms. The Morgan fingerprint density at radius 2 is 2.00 bits per heavy atom. The fourth-order valence-corrected chi connectivity index (χ4v) is 4.53. The highest BCUT2D eigenvalue weighted by Crippen LogP contribution is 2.38. The summed E-state index contributed by atoms with van der Waals surface area (Å²) < 4.78 is 27.5. The molecule has 1 saturated carbocycles. The number of nitrogens with zero attached hydrogens (tertiary/aromatic N) is 1. The molecule has 1 aliphatic carbocycles. The Labute approximate surface area is 161 Å². The highest BCUT2D eigenvalue weighted by atomic mass is 19.3. The Morgan fingerprint density at radius 3 is 2.75 bits per heavy atom. The van der Waals surface area contributed by atoms with Crippen LogP contribution in [0.1, 0.15) is 53.6 Å². The molecule has 0 radical (unpaired) electrons. The van der Waals surface area contributed by atoms with E-state index in [-0.39, 0.29) is 49.6 Å². The van der Waals surface area contributed by atoms with Crippen LogP contribution < -0.4 is 11.1 Å². The molecule has 1 unspecified atom stereocenters. The van der Waals surface area contributed by atoms with E-state index in [1.165, 1.54) is 4.90 Å². The second kappa shape index (κ2) is 6.92. The van der Waals surface area contributed by atoms with Crippen molar-refractivity contribution in [3.63, 3.8) is 0 Å². The van der Waals surface area contributed by atoms with Gasteiger partial charge in [0.25, 0.3) is 5.91 Å². The first-order chi connectivity index (χ1) is 13.2. The standard InChI is InChI=1S/C20H23F2N3O3/c21-20(22)6-5-15(23)12(9-20)7-11-1-2-14-13(8-11)10-25(19(14)28)16-3-4-17(26)24-18(16)27/h1-2,8,12,15-16H,3-7,9-10,23H2,(H,24,26,27)/t12-,15-,16?/m0/s1. The lowest BCUT2D eigenvalue weighted by Crippen LogP contribution is -2.52. The van der Waals surface area contributed by atoms with Gasteiger partial charge in [0.1, 0.15) is 6.04 Å². The van der Waals surface area contributed by atoms with Gasteiger partial charge in [-0.05, 0) is 42.4 Å². The lowest BCUT2D eigenvalue weighted by molar-refractivity contribution is -0.136. The van der Waals surface area contributed by atoms with E-state index in [2.05, 4.69) is 5.32 Å². The molecule has 3 amide bonds. The van der Waals surface area contributed by atoms with Gasteiger partial charge in [0.15, 0.2) is 0 Å². The first kappa shape index (κ1) is 19.0. The maximum atomic E-state index is 13.8. The fraction of sp³-hybridized carbons (Fsp3) is 0.550. The molecule has 4 rings (SSSR count). The van der Waals surface area contributed by atoms with Crippen molar-refractivity contribution in [2.24, 2.45) is 11.7 Å². The van der Waals surface area contributed by atoms with E-state index in [9.17, 15) is 23.2 Å². The monoisotopic (exact) mass is 391 g/mol. The van der Waals surface area contributed by atoms with Gasteiger partial charge in [0, 0.05) is 37.4 Å². The van der Waals surface area contributed by atoms with Gasteiger partial charge in [-0.2, -0.15) is 0 Å². The highest BCUT2D eigenvalue weighted by molar-refractivity contribution is 6.05. The molecule has 1 aromatic carbocycles. The number of benzene rings is 1. The Kier molecular flexibility index (Phi) is 4.69. The SMILES string of the molecule is N[C@H]1CCC(F)(F)C[C@@H]1Cc1ccc2c(c1)CN(C1CCC(=O)NC1=O)C2=O. The molecule has 1 aromatic rings. The summed E-state index contributed by atoms with van der Waals surface area (Å²) in [5.74, 6) is -3.99. The summed E-state index contributed by atoms with van der Waals surface area (Å²) in [5, 5.41) is 2.27. The van der Waals surface area contributed by atoms with E-state index in [1.54, 1.807) is 12.1 Å². The normalized spacial score (nSPS) is 29.6. The van der Waals surface area contributed by atoms with Crippen LogP contribution in [0.15, 0.2) is 18.2 Å². The average Bonchev–Trinajstić information content (AvgIpc) is 2.94. The molecule has 150 valence electrons. The molecule has 2 heterocycles. The number of piperidine rings is 1. The zero-order chi connectivity index (χ0) is 20.1. The minimum atomic E-state index is -2.67. The number of alkyl halides is 2. The molecule has 28 heavy (non-hydrogen) atoms. The number of halogens is 2. The summed E-state index contributed by atoms with van der Waals surface area (Å²) in [6.45, 7) is 0.279. The molecular weight excluding hydrogens is 368 g/mol. The van der Waals surface area contributed by atoms with Crippen LogP contribution in [-0.4, -0.2) is 40.6 Å². The summed E-state index contributed by atoms with van der Waals surface area (Å²) in [4.78, 5) is 37.6. The number of hydrogen-bond acceptors (Lipinski definition) is 4. The number of rotatable bonds is 3. The largest absolute Gasteiger partial charge is 0.327 e. The fourth-order valence-electron chi connectivity index (χ4n) is 4.53. The second-order valence-electron chi connectivity index (χ2n) is 8.12. The van der Waals surface area contributed by atoms with Crippen LogP contribution in [0, 0.1) is 5.92 Å². The number of hydrogen-bond donors (Lipinski definition) is 2. The summed E-state index contributed by atoms with van der Waals surface area (Å²) in [6.07, 6.45) is 0.886. The van der Waals surface area contributed by atoms with Crippen molar-refractivity contribution < 1.29 is 23.2 Å². The molecule has 3 aliphatic rings. The second-order valence-corrected chi connectivity index (χ2v) is 8.12. The van der Waals surface area contributed by atoms with Crippen LogP contribution in [0.5, 0.6) is 0 Å². The molecule has 0 aromatic heterocycles. The third-order valence-electron chi connectivity index (χ3n) is 6.10. The van der Waals surface area contributed by atoms with Crippen molar-refractivity contribution in [1.82, 2.24) is 10.2 Å². The molecule has 3 atom stereocenters. The third-order valence-corrected chi connectivity index (χ3v) is 6.10. The summed E-state index contributed by atoms with van der Waals surface area (Å²) in [5.41, 5.74) is 8.23. The first-order valence-corrected chi connectivity index (χ1v) is 9.63. The first-order valence-electron chi connectivity index (χ1n) is 9.63. The highest BCUT2D eigenvalue weighted by Gasteiger charge is 2.41. The molecule has 1 saturated heterocycles. The van der Waals surface area contributed by atoms with E-state index in [0.717, 1.165) is 11.1 Å². The maximum Gasteiger partial charge on any atom is 0.255 e. The lowest BCUT2D eigenvalue weighted by Gasteiger charge is -2.34. The predicted molar refractivity (Wildman–Crippen MR) is 96.5 cm³/mol. The van der Waals surface area contributed by atoms with E-state index in [4.69, 9.17) is 5.73 Å². The summed E-state index contributed by atoms with van der Waals surface area (Å²) in [6, 6.07) is 4.43. The van der Waals surface area contributed by atoms with Crippen LogP contribution in [0.25, 0.3) is 0 Å². The zero-order valence-corrected chi connectivity index (χ0v) is 15.4. The maximum absolute atomic E-state index is 13.8. The van der Waals surface area contributed by atoms with Gasteiger partial charge in [0.2, 0.25) is 17.7 Å². The quantitative estimate of drug-likeness (QED) is 0.768. The molecule has 6 nitrogen and oxygen atoms in total. The minimum Gasteiger partial charge on any atom is -0.327 e. The van der Waals surface area contributed by atoms with Gasteiger partial charge in [0.05, 0.1) is 0 Å². The number of carbonyl (C=O) groups excluding carboxylic acids is 3. The van der Waals surface area contributed by atoms with Crippen molar-refractivity contribution in [1.29, 1.82) is 0 Å². The summed E-state index contributed by atoms with van der Waals surface area (Å²) in [7, 11) is 0. The number of nitrogens with two attached hydrogens (primary N) is 1. The van der Waals surface area contributed by atoms with Crippen LogP contribution in [0.3, 0.4) is 0 Å². The van der Waals surface area contributed by atoms with Crippen molar-refractivity contribution in [3.05, 3.63) is 34.9 Å². The van der Waals surface area contributed by atoms with Gasteiger partial charge in [-0.15, -0.1) is 0 Å². The Balaban J connectivity index is 1.49. The van der Waals surface area contributed by atoms with Gasteiger partial charge in [-0.1, -0.05) is 12.1 Å². The van der Waals surface area contributed by atoms with E-state index >= 15 is 0 Å². The van der Waals surface area contributed by atoms with Crippen molar-refractivity contribution >= 4 is 17.7 Å². The predicted octanol–water partition coefficient (Wildman–Crippen LogP) is 1.75. The number of amides is 3. The Hall–Kier alpha value is -2.35. The topological polar surface area (TPSA) is 92.5 Å². The van der Waals surface area contributed by atoms with Gasteiger partial charge in [-0.3, -0.25) is 19.7 Å². The molecule has 0 spiro atoms. The minimum absolute atomic E-state index is 0.162. The van der Waals surface area contributed by atoms with Crippen LogP contribution in [0.2, 0.25) is 0 Å². The summed E-state index contributed by atoms with van der Waals surface area (Å²) >= 11 is 0.